The predicted octanol–water partition coefficient (Wildman–Crippen LogP) is 3.69. The lowest BCUT2D eigenvalue weighted by Crippen LogP contribution is -2.25. The van der Waals surface area contributed by atoms with Gasteiger partial charge in [-0.15, -0.1) is 0 Å². The first-order valence-electron chi connectivity index (χ1n) is 6.94. The zero-order valence-electron chi connectivity index (χ0n) is 11.7. The van der Waals surface area contributed by atoms with Crippen LogP contribution in [0.2, 0.25) is 0 Å². The van der Waals surface area contributed by atoms with E-state index in [9.17, 15) is 9.59 Å². The summed E-state index contributed by atoms with van der Waals surface area (Å²) in [6.07, 6.45) is -0.425. The monoisotopic (exact) mass is 359 g/mol. The molecule has 2 unspecified atom stereocenters. The molecule has 22 heavy (non-hydrogen) atoms. The highest BCUT2D eigenvalue weighted by molar-refractivity contribution is 9.10. The van der Waals surface area contributed by atoms with Gasteiger partial charge in [0.2, 0.25) is 5.91 Å². The first kappa shape index (κ1) is 14.8. The standard InChI is InChI=1S/C17H14BrNO3/c18-12-6-8-13(9-7-12)19-17(21)14-10-15(20)22-16(14)11-4-2-1-3-5-11/h1-9,14,16H,10H2,(H,19,21). The Morgan fingerprint density at radius 1 is 1.09 bits per heavy atom. The Morgan fingerprint density at radius 2 is 1.77 bits per heavy atom. The van der Waals surface area contributed by atoms with Gasteiger partial charge in [0.05, 0.1) is 12.3 Å². The summed E-state index contributed by atoms with van der Waals surface area (Å²) in [6.45, 7) is 0. The molecule has 0 aliphatic carbocycles. The molecule has 0 radical (unpaired) electrons. The maximum absolute atomic E-state index is 12.5. The Labute approximate surface area is 136 Å². The number of amides is 1. The number of rotatable bonds is 3. The Balaban J connectivity index is 1.78. The van der Waals surface area contributed by atoms with E-state index in [0.717, 1.165) is 10.0 Å². The van der Waals surface area contributed by atoms with Crippen molar-refractivity contribution >= 4 is 33.5 Å². The average molecular weight is 360 g/mol. The van der Waals surface area contributed by atoms with Crippen LogP contribution in [-0.4, -0.2) is 11.9 Å². The first-order chi connectivity index (χ1) is 10.6. The van der Waals surface area contributed by atoms with E-state index in [-0.39, 0.29) is 18.3 Å². The van der Waals surface area contributed by atoms with Crippen molar-refractivity contribution in [2.24, 2.45) is 5.92 Å². The minimum Gasteiger partial charge on any atom is -0.457 e. The van der Waals surface area contributed by atoms with Crippen LogP contribution in [0.25, 0.3) is 0 Å². The van der Waals surface area contributed by atoms with Gasteiger partial charge in [-0.1, -0.05) is 46.3 Å². The summed E-state index contributed by atoms with van der Waals surface area (Å²) in [5, 5.41) is 2.84. The minimum absolute atomic E-state index is 0.0991. The normalized spacial score (nSPS) is 20.5. The van der Waals surface area contributed by atoms with E-state index in [0.29, 0.717) is 5.69 Å². The van der Waals surface area contributed by atoms with Gasteiger partial charge < -0.3 is 10.1 Å². The molecule has 1 amide bonds. The molecule has 3 rings (SSSR count). The third-order valence-electron chi connectivity index (χ3n) is 3.59. The summed E-state index contributed by atoms with van der Waals surface area (Å²) in [7, 11) is 0. The molecule has 2 aromatic rings. The summed E-state index contributed by atoms with van der Waals surface area (Å²) in [5.74, 6) is -1.06. The van der Waals surface area contributed by atoms with Crippen LogP contribution in [0.5, 0.6) is 0 Å². The topological polar surface area (TPSA) is 55.4 Å². The average Bonchev–Trinajstić information content (AvgIpc) is 2.92. The first-order valence-corrected chi connectivity index (χ1v) is 7.73. The predicted molar refractivity (Wildman–Crippen MR) is 86.2 cm³/mol. The van der Waals surface area contributed by atoms with Crippen LogP contribution in [0.15, 0.2) is 59.1 Å². The van der Waals surface area contributed by atoms with Crippen LogP contribution in [0.3, 0.4) is 0 Å². The largest absolute Gasteiger partial charge is 0.457 e. The number of hydrogen-bond donors (Lipinski definition) is 1. The third-order valence-corrected chi connectivity index (χ3v) is 4.12. The molecule has 112 valence electrons. The third kappa shape index (κ3) is 3.20. The molecule has 1 heterocycles. The van der Waals surface area contributed by atoms with Gasteiger partial charge >= 0.3 is 5.97 Å². The van der Waals surface area contributed by atoms with E-state index in [1.165, 1.54) is 0 Å². The number of cyclic esters (lactones) is 1. The molecule has 0 bridgehead atoms. The highest BCUT2D eigenvalue weighted by Crippen LogP contribution is 2.36. The van der Waals surface area contributed by atoms with Gasteiger partial charge in [-0.2, -0.15) is 0 Å². The van der Waals surface area contributed by atoms with Crippen molar-refractivity contribution in [3.8, 4) is 0 Å². The lowest BCUT2D eigenvalue weighted by Gasteiger charge is -2.17. The second-order valence-corrected chi connectivity index (χ2v) is 6.04. The van der Waals surface area contributed by atoms with Crippen LogP contribution in [0.4, 0.5) is 5.69 Å². The number of halogens is 1. The van der Waals surface area contributed by atoms with E-state index >= 15 is 0 Å². The summed E-state index contributed by atoms with van der Waals surface area (Å²) in [5.41, 5.74) is 1.53. The maximum Gasteiger partial charge on any atom is 0.307 e. The number of nitrogens with one attached hydrogen (secondary N) is 1. The number of esters is 1. The molecule has 0 spiro atoms. The van der Waals surface area contributed by atoms with Crippen LogP contribution >= 0.6 is 15.9 Å². The Hall–Kier alpha value is -2.14. The van der Waals surface area contributed by atoms with Crippen molar-refractivity contribution in [3.05, 3.63) is 64.6 Å². The van der Waals surface area contributed by atoms with Gasteiger partial charge in [0.25, 0.3) is 0 Å². The zero-order valence-corrected chi connectivity index (χ0v) is 13.2. The Morgan fingerprint density at radius 3 is 2.45 bits per heavy atom. The molecule has 2 aromatic carbocycles. The number of ether oxygens (including phenoxy) is 1. The lowest BCUT2D eigenvalue weighted by molar-refractivity contribution is -0.141. The van der Waals surface area contributed by atoms with Crippen LogP contribution in [0.1, 0.15) is 18.1 Å². The molecule has 0 aromatic heterocycles. The molecule has 0 saturated carbocycles. The number of benzene rings is 2. The second kappa shape index (κ2) is 6.32. The Bertz CT molecular complexity index is 685. The fraction of sp³-hybridized carbons (Fsp3) is 0.176. The summed E-state index contributed by atoms with van der Waals surface area (Å²) in [6, 6.07) is 16.6. The molecule has 1 saturated heterocycles. The molecular formula is C17H14BrNO3. The van der Waals surface area contributed by atoms with Crippen molar-refractivity contribution in [1.82, 2.24) is 0 Å². The van der Waals surface area contributed by atoms with Crippen molar-refractivity contribution in [1.29, 1.82) is 0 Å². The van der Waals surface area contributed by atoms with Crippen molar-refractivity contribution in [2.45, 2.75) is 12.5 Å². The van der Waals surface area contributed by atoms with E-state index in [1.54, 1.807) is 12.1 Å². The molecule has 2 atom stereocenters. The number of anilines is 1. The Kier molecular flexibility index (Phi) is 4.24. The quantitative estimate of drug-likeness (QED) is 0.850. The molecule has 5 heteroatoms. The summed E-state index contributed by atoms with van der Waals surface area (Å²) >= 11 is 3.35. The highest BCUT2D eigenvalue weighted by Gasteiger charge is 2.40. The fourth-order valence-electron chi connectivity index (χ4n) is 2.50. The molecule has 1 fully saturated rings. The van der Waals surface area contributed by atoms with Crippen molar-refractivity contribution < 1.29 is 14.3 Å². The van der Waals surface area contributed by atoms with Gasteiger partial charge in [0.1, 0.15) is 6.10 Å². The van der Waals surface area contributed by atoms with E-state index < -0.39 is 12.0 Å². The fourth-order valence-corrected chi connectivity index (χ4v) is 2.76. The van der Waals surface area contributed by atoms with Gasteiger partial charge in [-0.25, -0.2) is 0 Å². The van der Waals surface area contributed by atoms with Crippen molar-refractivity contribution in [3.63, 3.8) is 0 Å². The molecule has 1 aliphatic heterocycles. The van der Waals surface area contributed by atoms with E-state index in [2.05, 4.69) is 21.2 Å². The van der Waals surface area contributed by atoms with Crippen LogP contribution < -0.4 is 5.32 Å². The number of hydrogen-bond acceptors (Lipinski definition) is 3. The smallest absolute Gasteiger partial charge is 0.307 e. The zero-order chi connectivity index (χ0) is 15.5. The summed E-state index contributed by atoms with van der Waals surface area (Å²) in [4.78, 5) is 24.1. The van der Waals surface area contributed by atoms with Crippen molar-refractivity contribution in [2.75, 3.05) is 5.32 Å². The molecule has 1 aliphatic rings. The number of carbonyl (C=O) groups excluding carboxylic acids is 2. The van der Waals surface area contributed by atoms with Gasteiger partial charge in [-0.3, -0.25) is 9.59 Å². The minimum atomic E-state index is -0.524. The molecule has 4 nitrogen and oxygen atoms in total. The highest BCUT2D eigenvalue weighted by atomic mass is 79.9. The van der Waals surface area contributed by atoms with Gasteiger partial charge in [0.15, 0.2) is 0 Å². The summed E-state index contributed by atoms with van der Waals surface area (Å²) < 4.78 is 6.27. The van der Waals surface area contributed by atoms with Gasteiger partial charge in [0, 0.05) is 10.2 Å². The van der Waals surface area contributed by atoms with E-state index in [1.807, 2.05) is 42.5 Å². The van der Waals surface area contributed by atoms with Crippen LogP contribution in [0, 0.1) is 5.92 Å². The number of carbonyl (C=O) groups is 2. The molecular weight excluding hydrogens is 346 g/mol. The SMILES string of the molecule is O=C1CC(C(=O)Nc2ccc(Br)cc2)C(c2ccccc2)O1. The maximum atomic E-state index is 12.5. The second-order valence-electron chi connectivity index (χ2n) is 5.13. The van der Waals surface area contributed by atoms with E-state index in [4.69, 9.17) is 4.74 Å². The van der Waals surface area contributed by atoms with Gasteiger partial charge in [-0.05, 0) is 29.8 Å². The van der Waals surface area contributed by atoms with Crippen LogP contribution in [-0.2, 0) is 14.3 Å². The lowest BCUT2D eigenvalue weighted by atomic mass is 9.94. The molecule has 1 N–H and O–H groups in total.